The van der Waals surface area contributed by atoms with E-state index in [4.69, 9.17) is 0 Å². The topological polar surface area (TPSA) is 49.4 Å². The molecule has 0 spiro atoms. The normalized spacial score (nSPS) is 21.9. The molecule has 0 bridgehead atoms. The van der Waals surface area contributed by atoms with Gasteiger partial charge in [0.25, 0.3) is 0 Å². The van der Waals surface area contributed by atoms with Crippen LogP contribution < -0.4 is 5.32 Å². The van der Waals surface area contributed by atoms with E-state index in [9.17, 15) is 8.42 Å². The number of nitrogens with one attached hydrogen (secondary N) is 1. The molecule has 0 amide bonds. The molecule has 1 saturated heterocycles. The van der Waals surface area contributed by atoms with Gasteiger partial charge in [-0.25, -0.2) is 8.42 Å². The van der Waals surface area contributed by atoms with Gasteiger partial charge in [-0.05, 0) is 49.9 Å². The summed E-state index contributed by atoms with van der Waals surface area (Å²) in [7, 11) is -1.49. The minimum atomic E-state index is -3.36. The molecule has 2 atom stereocenters. The second-order valence-electron chi connectivity index (χ2n) is 6.24. The van der Waals surface area contributed by atoms with Gasteiger partial charge < -0.3 is 5.32 Å². The molecule has 5 heteroatoms. The van der Waals surface area contributed by atoms with E-state index in [2.05, 4.69) is 19.2 Å². The Labute approximate surface area is 128 Å². The summed E-state index contributed by atoms with van der Waals surface area (Å²) in [6.07, 6.45) is 0.962. The van der Waals surface area contributed by atoms with Gasteiger partial charge in [0.15, 0.2) is 0 Å². The molecule has 118 valence electrons. The molecule has 0 aromatic heterocycles. The minimum Gasteiger partial charge on any atom is -0.313 e. The predicted molar refractivity (Wildman–Crippen MR) is 85.6 cm³/mol. The largest absolute Gasteiger partial charge is 0.313 e. The van der Waals surface area contributed by atoms with Crippen molar-refractivity contribution >= 4 is 10.0 Å². The third-order valence-electron chi connectivity index (χ3n) is 4.56. The average molecular weight is 310 g/mol. The van der Waals surface area contributed by atoms with Crippen molar-refractivity contribution in [2.75, 3.05) is 20.1 Å². The van der Waals surface area contributed by atoms with E-state index < -0.39 is 10.0 Å². The molecule has 1 aromatic rings. The third-order valence-corrected chi connectivity index (χ3v) is 6.42. The van der Waals surface area contributed by atoms with Crippen molar-refractivity contribution in [3.63, 3.8) is 0 Å². The van der Waals surface area contributed by atoms with Crippen LogP contribution in [-0.4, -0.2) is 32.9 Å². The first kappa shape index (κ1) is 16.5. The maximum atomic E-state index is 12.8. The lowest BCUT2D eigenvalue weighted by atomic mass is 9.96. The molecule has 0 saturated carbocycles. The highest BCUT2D eigenvalue weighted by molar-refractivity contribution is 7.89. The van der Waals surface area contributed by atoms with Crippen LogP contribution in [-0.2, 0) is 10.0 Å². The van der Waals surface area contributed by atoms with Crippen LogP contribution in [0, 0.1) is 11.8 Å². The Morgan fingerprint density at radius 3 is 2.57 bits per heavy atom. The Bertz CT molecular complexity index is 584. The van der Waals surface area contributed by atoms with Gasteiger partial charge in [-0.3, -0.25) is 0 Å². The van der Waals surface area contributed by atoms with Crippen LogP contribution in [0.4, 0.5) is 0 Å². The molecule has 2 unspecified atom stereocenters. The lowest BCUT2D eigenvalue weighted by Gasteiger charge is -2.19. The quantitative estimate of drug-likeness (QED) is 0.909. The van der Waals surface area contributed by atoms with E-state index in [0.717, 1.165) is 12.0 Å². The summed E-state index contributed by atoms with van der Waals surface area (Å²) in [6.45, 7) is 7.63. The van der Waals surface area contributed by atoms with Crippen LogP contribution in [0.2, 0.25) is 0 Å². The summed E-state index contributed by atoms with van der Waals surface area (Å²) in [5.74, 6) is 1.00. The number of hydrogen-bond donors (Lipinski definition) is 1. The molecule has 4 nitrogen and oxygen atoms in total. The Balaban J connectivity index is 2.24. The summed E-state index contributed by atoms with van der Waals surface area (Å²) < 4.78 is 27.2. The Morgan fingerprint density at radius 2 is 2.00 bits per heavy atom. The number of benzene rings is 1. The molecule has 1 heterocycles. The van der Waals surface area contributed by atoms with Gasteiger partial charge in [0.05, 0.1) is 4.90 Å². The Hall–Kier alpha value is -0.910. The zero-order valence-corrected chi connectivity index (χ0v) is 14.2. The highest BCUT2D eigenvalue weighted by Crippen LogP contribution is 2.29. The van der Waals surface area contributed by atoms with Crippen LogP contribution in [0.1, 0.15) is 38.8 Å². The fourth-order valence-electron chi connectivity index (χ4n) is 2.78. The van der Waals surface area contributed by atoms with Gasteiger partial charge in [0, 0.05) is 19.1 Å². The van der Waals surface area contributed by atoms with Gasteiger partial charge in [-0.1, -0.05) is 26.0 Å². The molecule has 1 aliphatic rings. The SMILES string of the molecule is CNC(C)c1cccc(S(=O)(=O)N2CCC(C(C)C)C2)c1. The maximum Gasteiger partial charge on any atom is 0.243 e. The summed E-state index contributed by atoms with van der Waals surface area (Å²) in [5.41, 5.74) is 0.998. The molecule has 2 rings (SSSR count). The fraction of sp³-hybridized carbons (Fsp3) is 0.625. The predicted octanol–water partition coefficient (Wildman–Crippen LogP) is 2.63. The van der Waals surface area contributed by atoms with Crippen molar-refractivity contribution in [1.29, 1.82) is 0 Å². The van der Waals surface area contributed by atoms with Crippen LogP contribution in [0.15, 0.2) is 29.2 Å². The minimum absolute atomic E-state index is 0.141. The number of nitrogens with zero attached hydrogens (tertiary/aromatic N) is 1. The second kappa shape index (κ2) is 6.46. The Kier molecular flexibility index (Phi) is 5.07. The van der Waals surface area contributed by atoms with Crippen LogP contribution in [0.5, 0.6) is 0 Å². The highest BCUT2D eigenvalue weighted by atomic mass is 32.2. The molecule has 0 aliphatic carbocycles. The first-order chi connectivity index (χ1) is 9.86. The third kappa shape index (κ3) is 3.47. The van der Waals surface area contributed by atoms with Crippen molar-refractivity contribution in [3.05, 3.63) is 29.8 Å². The molecule has 1 N–H and O–H groups in total. The van der Waals surface area contributed by atoms with Gasteiger partial charge in [-0.15, -0.1) is 0 Å². The number of sulfonamides is 1. The van der Waals surface area contributed by atoms with E-state index >= 15 is 0 Å². The lowest BCUT2D eigenvalue weighted by Crippen LogP contribution is -2.29. The smallest absolute Gasteiger partial charge is 0.243 e. The molecule has 1 aliphatic heterocycles. The summed E-state index contributed by atoms with van der Waals surface area (Å²) in [4.78, 5) is 0.409. The number of rotatable bonds is 5. The average Bonchev–Trinajstić information content (AvgIpc) is 2.97. The zero-order valence-electron chi connectivity index (χ0n) is 13.3. The summed E-state index contributed by atoms with van der Waals surface area (Å²) >= 11 is 0. The standard InChI is InChI=1S/C16H26N2O2S/c1-12(2)15-8-9-18(11-15)21(19,20)16-7-5-6-14(10-16)13(3)17-4/h5-7,10,12-13,15,17H,8-9,11H2,1-4H3. The van der Waals surface area contributed by atoms with Crippen LogP contribution in [0.25, 0.3) is 0 Å². The van der Waals surface area contributed by atoms with Crippen molar-refractivity contribution in [1.82, 2.24) is 9.62 Å². The number of hydrogen-bond acceptors (Lipinski definition) is 3. The molecular weight excluding hydrogens is 284 g/mol. The van der Waals surface area contributed by atoms with E-state index in [-0.39, 0.29) is 6.04 Å². The molecule has 1 aromatic carbocycles. The van der Waals surface area contributed by atoms with E-state index in [1.807, 2.05) is 26.1 Å². The molecule has 0 radical (unpaired) electrons. The molecule has 21 heavy (non-hydrogen) atoms. The summed E-state index contributed by atoms with van der Waals surface area (Å²) in [6, 6.07) is 7.41. The Morgan fingerprint density at radius 1 is 1.29 bits per heavy atom. The van der Waals surface area contributed by atoms with Crippen molar-refractivity contribution in [3.8, 4) is 0 Å². The van der Waals surface area contributed by atoms with Crippen molar-refractivity contribution < 1.29 is 8.42 Å². The van der Waals surface area contributed by atoms with E-state index in [0.29, 0.717) is 29.8 Å². The fourth-order valence-corrected chi connectivity index (χ4v) is 4.34. The highest BCUT2D eigenvalue weighted by Gasteiger charge is 2.33. The maximum absolute atomic E-state index is 12.8. The van der Waals surface area contributed by atoms with E-state index in [1.54, 1.807) is 16.4 Å². The van der Waals surface area contributed by atoms with Gasteiger partial charge in [0.2, 0.25) is 10.0 Å². The summed E-state index contributed by atoms with van der Waals surface area (Å²) in [5, 5.41) is 3.14. The van der Waals surface area contributed by atoms with Gasteiger partial charge in [0.1, 0.15) is 0 Å². The van der Waals surface area contributed by atoms with Crippen molar-refractivity contribution in [2.45, 2.75) is 38.1 Å². The molecular formula is C16H26N2O2S. The van der Waals surface area contributed by atoms with Gasteiger partial charge >= 0.3 is 0 Å². The van der Waals surface area contributed by atoms with Crippen LogP contribution in [0.3, 0.4) is 0 Å². The first-order valence-corrected chi connectivity index (χ1v) is 9.07. The lowest BCUT2D eigenvalue weighted by molar-refractivity contribution is 0.388. The van der Waals surface area contributed by atoms with Crippen LogP contribution >= 0.6 is 0 Å². The zero-order chi connectivity index (χ0) is 15.6. The second-order valence-corrected chi connectivity index (χ2v) is 8.18. The van der Waals surface area contributed by atoms with E-state index in [1.165, 1.54) is 0 Å². The monoisotopic (exact) mass is 310 g/mol. The first-order valence-electron chi connectivity index (χ1n) is 7.63. The van der Waals surface area contributed by atoms with Gasteiger partial charge in [-0.2, -0.15) is 4.31 Å². The molecule has 1 fully saturated rings. The van der Waals surface area contributed by atoms with Crippen molar-refractivity contribution in [2.24, 2.45) is 11.8 Å².